The number of aromatic nitrogens is 1. The summed E-state index contributed by atoms with van der Waals surface area (Å²) < 4.78 is 12.4. The highest BCUT2D eigenvalue weighted by Gasteiger charge is 2.30. The first kappa shape index (κ1) is 24.0. The number of hydrogen-bond donors (Lipinski definition) is 0. The van der Waals surface area contributed by atoms with Gasteiger partial charge in [-0.2, -0.15) is 0 Å². The van der Waals surface area contributed by atoms with Crippen LogP contribution in [0.3, 0.4) is 0 Å². The van der Waals surface area contributed by atoms with Crippen molar-refractivity contribution in [2.75, 3.05) is 26.8 Å². The van der Waals surface area contributed by atoms with Gasteiger partial charge in [-0.05, 0) is 63.4 Å². The van der Waals surface area contributed by atoms with E-state index in [4.69, 9.17) is 21.1 Å². The van der Waals surface area contributed by atoms with Gasteiger partial charge in [0.15, 0.2) is 5.78 Å². The van der Waals surface area contributed by atoms with Crippen molar-refractivity contribution in [1.29, 1.82) is 0 Å². The number of amides is 1. The van der Waals surface area contributed by atoms with E-state index in [0.717, 1.165) is 12.8 Å². The molecule has 7 nitrogen and oxygen atoms in total. The van der Waals surface area contributed by atoms with Gasteiger partial charge in [0.1, 0.15) is 5.69 Å². The molecule has 8 heteroatoms. The van der Waals surface area contributed by atoms with Crippen LogP contribution < -0.4 is 0 Å². The molecule has 0 aliphatic carbocycles. The minimum Gasteiger partial charge on any atom is -0.464 e. The molecule has 0 saturated carbocycles. The van der Waals surface area contributed by atoms with Crippen LogP contribution in [0, 0.1) is 13.8 Å². The topological polar surface area (TPSA) is 77.8 Å². The third-order valence-electron chi connectivity index (χ3n) is 5.90. The number of rotatable bonds is 8. The summed E-state index contributed by atoms with van der Waals surface area (Å²) in [5, 5.41) is 0.533. The molecule has 1 aliphatic rings. The molecule has 1 aromatic carbocycles. The summed E-state index contributed by atoms with van der Waals surface area (Å²) in [6, 6.07) is 6.60. The minimum atomic E-state index is -0.486. The smallest absolute Gasteiger partial charge is 0.354 e. The number of Topliss-reactive ketones (excluding diaryl/α,β-unsaturated/α-hetero) is 1. The second-order valence-electron chi connectivity index (χ2n) is 7.92. The molecule has 1 aromatic heterocycles. The molecular formula is C24H29ClN2O5. The summed E-state index contributed by atoms with van der Waals surface area (Å²) in [7, 11) is 1.32. The summed E-state index contributed by atoms with van der Waals surface area (Å²) in [5.74, 6) is -0.971. The van der Waals surface area contributed by atoms with E-state index in [1.807, 2.05) is 13.8 Å². The molecule has 1 aliphatic heterocycles. The predicted molar refractivity (Wildman–Crippen MR) is 122 cm³/mol. The summed E-state index contributed by atoms with van der Waals surface area (Å²) >= 11 is 5.96. The number of esters is 1. The van der Waals surface area contributed by atoms with Gasteiger partial charge in [-0.1, -0.05) is 11.6 Å². The Morgan fingerprint density at radius 2 is 1.91 bits per heavy atom. The van der Waals surface area contributed by atoms with Crippen molar-refractivity contribution in [3.05, 3.63) is 57.4 Å². The van der Waals surface area contributed by atoms with Crippen LogP contribution in [0.1, 0.15) is 62.2 Å². The Hall–Kier alpha value is -2.64. The van der Waals surface area contributed by atoms with Gasteiger partial charge >= 0.3 is 5.97 Å². The Kier molecular flexibility index (Phi) is 7.74. The maximum atomic E-state index is 13.4. The normalized spacial score (nSPS) is 15.6. The molecule has 3 rings (SSSR count). The summed E-state index contributed by atoms with van der Waals surface area (Å²) in [4.78, 5) is 40.5. The highest BCUT2D eigenvalue weighted by Crippen LogP contribution is 2.25. The number of methoxy groups -OCH3 is 1. The number of carbonyl (C=O) groups excluding carboxylic acids is 3. The average Bonchev–Trinajstić information content (AvgIpc) is 3.37. The van der Waals surface area contributed by atoms with Gasteiger partial charge in [-0.25, -0.2) is 4.79 Å². The van der Waals surface area contributed by atoms with Crippen LogP contribution in [-0.4, -0.2) is 60.0 Å². The molecule has 0 N–H and O–H groups in total. The molecule has 1 amide bonds. The Balaban J connectivity index is 1.92. The predicted octanol–water partition coefficient (Wildman–Crippen LogP) is 4.07. The van der Waals surface area contributed by atoms with Crippen molar-refractivity contribution in [2.45, 2.75) is 46.3 Å². The van der Waals surface area contributed by atoms with Crippen molar-refractivity contribution in [2.24, 2.45) is 0 Å². The molecule has 0 unspecified atom stereocenters. The Morgan fingerprint density at radius 3 is 2.47 bits per heavy atom. The third kappa shape index (κ3) is 4.89. The summed E-state index contributed by atoms with van der Waals surface area (Å²) in [5.41, 5.74) is 2.53. The lowest BCUT2D eigenvalue weighted by molar-refractivity contribution is 0.0506. The number of halogens is 1. The van der Waals surface area contributed by atoms with Crippen LogP contribution in [0.15, 0.2) is 24.3 Å². The zero-order chi connectivity index (χ0) is 23.4. The van der Waals surface area contributed by atoms with E-state index in [9.17, 15) is 14.4 Å². The van der Waals surface area contributed by atoms with Gasteiger partial charge in [0, 0.05) is 41.5 Å². The number of ether oxygens (including phenoxy) is 2. The standard InChI is InChI=1S/C24H29ClN2O5/c1-5-27-16(3)21(15(2)22(27)24(30)31-4)20(28)14-26(13-19-7-6-12-32-19)23(29)17-8-10-18(25)11-9-17/h8-11,19H,5-7,12-14H2,1-4H3/t19-/m1/s1. The van der Waals surface area contributed by atoms with E-state index in [2.05, 4.69) is 0 Å². The second kappa shape index (κ2) is 10.3. The molecule has 1 saturated heterocycles. The lowest BCUT2D eigenvalue weighted by atomic mass is 10.0. The molecular weight excluding hydrogens is 432 g/mol. The highest BCUT2D eigenvalue weighted by molar-refractivity contribution is 6.30. The second-order valence-corrected chi connectivity index (χ2v) is 8.36. The van der Waals surface area contributed by atoms with Crippen molar-refractivity contribution >= 4 is 29.3 Å². The molecule has 2 heterocycles. The van der Waals surface area contributed by atoms with E-state index in [0.29, 0.717) is 52.8 Å². The molecule has 32 heavy (non-hydrogen) atoms. The van der Waals surface area contributed by atoms with E-state index in [-0.39, 0.29) is 24.3 Å². The van der Waals surface area contributed by atoms with Crippen LogP contribution in [0.5, 0.6) is 0 Å². The van der Waals surface area contributed by atoms with Gasteiger partial charge in [-0.3, -0.25) is 9.59 Å². The Labute approximate surface area is 193 Å². The largest absolute Gasteiger partial charge is 0.464 e. The van der Waals surface area contributed by atoms with Gasteiger partial charge < -0.3 is 18.9 Å². The fraction of sp³-hybridized carbons (Fsp3) is 0.458. The first-order valence-electron chi connectivity index (χ1n) is 10.8. The Bertz CT molecular complexity index is 1010. The molecule has 1 fully saturated rings. The van der Waals surface area contributed by atoms with Crippen LogP contribution >= 0.6 is 11.6 Å². The SMILES string of the molecule is CCn1c(C)c(C(=O)CN(C[C@H]2CCCO2)C(=O)c2ccc(Cl)cc2)c(C)c1C(=O)OC. The molecule has 0 spiro atoms. The van der Waals surface area contributed by atoms with Gasteiger partial charge in [-0.15, -0.1) is 0 Å². The monoisotopic (exact) mass is 460 g/mol. The van der Waals surface area contributed by atoms with Crippen LogP contribution in [0.25, 0.3) is 0 Å². The van der Waals surface area contributed by atoms with Crippen LogP contribution in [0.2, 0.25) is 5.02 Å². The number of nitrogens with zero attached hydrogens (tertiary/aromatic N) is 2. The molecule has 0 radical (unpaired) electrons. The number of carbonyl (C=O) groups is 3. The lowest BCUT2D eigenvalue weighted by Crippen LogP contribution is -2.41. The quantitative estimate of drug-likeness (QED) is 0.438. The van der Waals surface area contributed by atoms with Crippen molar-refractivity contribution in [1.82, 2.24) is 9.47 Å². The molecule has 172 valence electrons. The van der Waals surface area contributed by atoms with Gasteiger partial charge in [0.2, 0.25) is 0 Å². The fourth-order valence-electron chi connectivity index (χ4n) is 4.34. The molecule has 1 atom stereocenters. The Morgan fingerprint density at radius 1 is 1.22 bits per heavy atom. The van der Waals surface area contributed by atoms with E-state index >= 15 is 0 Å². The van der Waals surface area contributed by atoms with E-state index in [1.54, 1.807) is 35.8 Å². The van der Waals surface area contributed by atoms with Crippen LogP contribution in [0.4, 0.5) is 0 Å². The maximum Gasteiger partial charge on any atom is 0.354 e. The van der Waals surface area contributed by atoms with E-state index < -0.39 is 5.97 Å². The fourth-order valence-corrected chi connectivity index (χ4v) is 4.47. The lowest BCUT2D eigenvalue weighted by Gasteiger charge is -2.25. The average molecular weight is 461 g/mol. The van der Waals surface area contributed by atoms with E-state index in [1.165, 1.54) is 12.0 Å². The summed E-state index contributed by atoms with van der Waals surface area (Å²) in [6.07, 6.45) is 1.67. The highest BCUT2D eigenvalue weighted by atomic mass is 35.5. The minimum absolute atomic E-state index is 0.105. The van der Waals surface area contributed by atoms with Crippen molar-refractivity contribution < 1.29 is 23.9 Å². The maximum absolute atomic E-state index is 13.4. The number of ketones is 1. The first-order chi connectivity index (χ1) is 15.3. The van der Waals surface area contributed by atoms with Gasteiger partial charge in [0.05, 0.1) is 19.8 Å². The zero-order valence-corrected chi connectivity index (χ0v) is 19.7. The summed E-state index contributed by atoms with van der Waals surface area (Å²) in [6.45, 7) is 6.84. The molecule has 0 bridgehead atoms. The zero-order valence-electron chi connectivity index (χ0n) is 18.9. The number of hydrogen-bond acceptors (Lipinski definition) is 5. The van der Waals surface area contributed by atoms with Crippen molar-refractivity contribution in [3.63, 3.8) is 0 Å². The van der Waals surface area contributed by atoms with Gasteiger partial charge in [0.25, 0.3) is 5.91 Å². The first-order valence-corrected chi connectivity index (χ1v) is 11.1. The third-order valence-corrected chi connectivity index (χ3v) is 6.15. The van der Waals surface area contributed by atoms with Crippen LogP contribution in [-0.2, 0) is 16.0 Å². The number of benzene rings is 1. The van der Waals surface area contributed by atoms with Crippen molar-refractivity contribution in [3.8, 4) is 0 Å². The molecule has 2 aromatic rings.